The minimum Gasteiger partial charge on any atom is -0.368 e. The Balaban J connectivity index is 1.44. The van der Waals surface area contributed by atoms with Crippen LogP contribution in [-0.2, 0) is 0 Å². The Labute approximate surface area is 182 Å². The Hall–Kier alpha value is -2.52. The van der Waals surface area contributed by atoms with Crippen molar-refractivity contribution in [1.29, 1.82) is 0 Å². The minimum absolute atomic E-state index is 0.0300. The van der Waals surface area contributed by atoms with Gasteiger partial charge in [-0.15, -0.1) is 0 Å². The summed E-state index contributed by atoms with van der Waals surface area (Å²) in [4.78, 5) is 28.8. The zero-order valence-electron chi connectivity index (χ0n) is 16.6. The van der Waals surface area contributed by atoms with Crippen molar-refractivity contribution >= 4 is 44.4 Å². The third-order valence-electron chi connectivity index (χ3n) is 5.89. The lowest BCUT2D eigenvalue weighted by Crippen LogP contribution is -2.43. The first-order valence-corrected chi connectivity index (χ1v) is 11.2. The zero-order chi connectivity index (χ0) is 20.5. The van der Waals surface area contributed by atoms with E-state index in [9.17, 15) is 4.79 Å². The first-order chi connectivity index (χ1) is 14.7. The molecule has 1 aliphatic heterocycles. The van der Waals surface area contributed by atoms with Gasteiger partial charge < -0.3 is 15.5 Å². The maximum atomic E-state index is 12.8. The number of nitrogens with zero attached hydrogens (tertiary/aromatic N) is 5. The van der Waals surface area contributed by atoms with Gasteiger partial charge in [-0.05, 0) is 47.0 Å². The molecule has 0 radical (unpaired) electrons. The monoisotopic (exact) mass is 469 g/mol. The van der Waals surface area contributed by atoms with E-state index in [1.807, 2.05) is 16.8 Å². The lowest BCUT2D eigenvalue weighted by molar-refractivity contribution is 0.514. The van der Waals surface area contributed by atoms with E-state index in [4.69, 9.17) is 4.98 Å². The predicted octanol–water partition coefficient (Wildman–Crippen LogP) is 3.22. The van der Waals surface area contributed by atoms with Crippen LogP contribution in [0.3, 0.4) is 0 Å². The molecular weight excluding hydrogens is 446 g/mol. The summed E-state index contributed by atoms with van der Waals surface area (Å²) < 4.78 is 2.39. The number of hydrogen-bond donors (Lipinski definition) is 2. The van der Waals surface area contributed by atoms with E-state index in [0.29, 0.717) is 21.9 Å². The molecule has 0 unspecified atom stereocenters. The number of nitrogens with one attached hydrogen (secondary N) is 2. The van der Waals surface area contributed by atoms with Crippen molar-refractivity contribution in [2.24, 2.45) is 0 Å². The van der Waals surface area contributed by atoms with Gasteiger partial charge in [0.2, 0.25) is 5.95 Å². The fourth-order valence-corrected chi connectivity index (χ4v) is 4.77. The molecular formula is C21H24BrN7O. The molecule has 3 aromatic heterocycles. The van der Waals surface area contributed by atoms with Crippen LogP contribution in [0.1, 0.15) is 31.7 Å². The Morgan fingerprint density at radius 2 is 1.90 bits per heavy atom. The van der Waals surface area contributed by atoms with Gasteiger partial charge in [0.1, 0.15) is 11.5 Å². The second-order valence-electron chi connectivity index (χ2n) is 7.84. The van der Waals surface area contributed by atoms with Crippen molar-refractivity contribution in [2.75, 3.05) is 36.4 Å². The molecule has 2 N–H and O–H groups in total. The van der Waals surface area contributed by atoms with Crippen LogP contribution >= 0.6 is 15.9 Å². The van der Waals surface area contributed by atoms with Crippen LogP contribution in [0.25, 0.3) is 11.0 Å². The summed E-state index contributed by atoms with van der Waals surface area (Å²) in [5.74, 6) is 1.12. The number of rotatable bonds is 4. The Bertz CT molecular complexity index is 1100. The van der Waals surface area contributed by atoms with Gasteiger partial charge in [-0.1, -0.05) is 12.8 Å². The van der Waals surface area contributed by atoms with Crippen LogP contribution in [0.15, 0.2) is 39.9 Å². The van der Waals surface area contributed by atoms with Gasteiger partial charge in [-0.25, -0.2) is 9.97 Å². The molecule has 9 heteroatoms. The molecule has 1 aliphatic carbocycles. The maximum absolute atomic E-state index is 12.8. The molecule has 156 valence electrons. The van der Waals surface area contributed by atoms with Crippen molar-refractivity contribution in [3.8, 4) is 0 Å². The SMILES string of the molecule is O=c1c(Br)cc2cnc(Nc3ccc(N4CCNCC4)cn3)nc2n1C1CCCC1. The number of anilines is 3. The molecule has 5 rings (SSSR count). The predicted molar refractivity (Wildman–Crippen MR) is 122 cm³/mol. The fraction of sp³-hybridized carbons (Fsp3) is 0.429. The summed E-state index contributed by atoms with van der Waals surface area (Å²) in [6, 6.07) is 5.99. The first kappa shape index (κ1) is 19.4. The topological polar surface area (TPSA) is 88.0 Å². The number of aromatic nitrogens is 4. The molecule has 2 aliphatic rings. The van der Waals surface area contributed by atoms with Gasteiger partial charge in [0.05, 0.1) is 16.4 Å². The van der Waals surface area contributed by atoms with E-state index in [2.05, 4.69) is 47.5 Å². The Morgan fingerprint density at radius 3 is 2.63 bits per heavy atom. The lowest BCUT2D eigenvalue weighted by Gasteiger charge is -2.29. The van der Waals surface area contributed by atoms with Crippen LogP contribution in [0.4, 0.5) is 17.5 Å². The lowest BCUT2D eigenvalue weighted by atomic mass is 10.2. The summed E-state index contributed by atoms with van der Waals surface area (Å²) in [6.45, 7) is 3.94. The molecule has 1 saturated carbocycles. The van der Waals surface area contributed by atoms with E-state index in [1.54, 1.807) is 12.3 Å². The van der Waals surface area contributed by atoms with E-state index in [1.165, 1.54) is 0 Å². The summed E-state index contributed by atoms with van der Waals surface area (Å²) in [5, 5.41) is 7.39. The summed E-state index contributed by atoms with van der Waals surface area (Å²) >= 11 is 3.40. The fourth-order valence-electron chi connectivity index (χ4n) is 4.33. The van der Waals surface area contributed by atoms with Crippen LogP contribution in [0, 0.1) is 0 Å². The van der Waals surface area contributed by atoms with Crippen LogP contribution in [-0.4, -0.2) is 45.7 Å². The van der Waals surface area contributed by atoms with Gasteiger partial charge in [-0.3, -0.25) is 9.36 Å². The average Bonchev–Trinajstić information content (AvgIpc) is 3.30. The van der Waals surface area contributed by atoms with Gasteiger partial charge >= 0.3 is 0 Å². The third-order valence-corrected chi connectivity index (χ3v) is 6.46. The van der Waals surface area contributed by atoms with Gasteiger partial charge in [0.25, 0.3) is 5.56 Å². The summed E-state index contributed by atoms with van der Waals surface area (Å²) in [7, 11) is 0. The van der Waals surface area contributed by atoms with E-state index in [0.717, 1.165) is 62.9 Å². The zero-order valence-corrected chi connectivity index (χ0v) is 18.2. The highest BCUT2D eigenvalue weighted by Crippen LogP contribution is 2.31. The molecule has 4 heterocycles. The van der Waals surface area contributed by atoms with Crippen LogP contribution in [0.5, 0.6) is 0 Å². The highest BCUT2D eigenvalue weighted by molar-refractivity contribution is 9.10. The molecule has 0 atom stereocenters. The van der Waals surface area contributed by atoms with E-state index < -0.39 is 0 Å². The molecule has 0 amide bonds. The molecule has 0 bridgehead atoms. The number of fused-ring (bicyclic) bond motifs is 1. The first-order valence-electron chi connectivity index (χ1n) is 10.5. The summed E-state index contributed by atoms with van der Waals surface area (Å²) in [5.41, 5.74) is 1.75. The Kier molecular flexibility index (Phi) is 5.39. The van der Waals surface area contributed by atoms with Crippen molar-refractivity contribution in [1.82, 2.24) is 24.8 Å². The molecule has 0 aromatic carbocycles. The Morgan fingerprint density at radius 1 is 1.10 bits per heavy atom. The van der Waals surface area contributed by atoms with Gasteiger partial charge in [0, 0.05) is 43.8 Å². The van der Waals surface area contributed by atoms with E-state index in [-0.39, 0.29) is 11.6 Å². The molecule has 30 heavy (non-hydrogen) atoms. The van der Waals surface area contributed by atoms with Crippen molar-refractivity contribution in [2.45, 2.75) is 31.7 Å². The number of pyridine rings is 2. The van der Waals surface area contributed by atoms with Crippen molar-refractivity contribution in [3.05, 3.63) is 45.4 Å². The van der Waals surface area contributed by atoms with Gasteiger partial charge in [-0.2, -0.15) is 4.98 Å². The van der Waals surface area contributed by atoms with Crippen LogP contribution in [0.2, 0.25) is 0 Å². The molecule has 0 spiro atoms. The van der Waals surface area contributed by atoms with Crippen LogP contribution < -0.4 is 21.1 Å². The van der Waals surface area contributed by atoms with Crippen molar-refractivity contribution in [3.63, 3.8) is 0 Å². The quantitative estimate of drug-likeness (QED) is 0.606. The largest absolute Gasteiger partial charge is 0.368 e. The molecule has 8 nitrogen and oxygen atoms in total. The van der Waals surface area contributed by atoms with Crippen molar-refractivity contribution < 1.29 is 0 Å². The second-order valence-corrected chi connectivity index (χ2v) is 8.70. The molecule has 1 saturated heterocycles. The molecule has 3 aromatic rings. The smallest absolute Gasteiger partial charge is 0.266 e. The molecule has 2 fully saturated rings. The maximum Gasteiger partial charge on any atom is 0.266 e. The van der Waals surface area contributed by atoms with Gasteiger partial charge in [0.15, 0.2) is 0 Å². The normalized spacial score (nSPS) is 17.6. The number of hydrogen-bond acceptors (Lipinski definition) is 7. The average molecular weight is 470 g/mol. The summed E-state index contributed by atoms with van der Waals surface area (Å²) in [6.07, 6.45) is 7.94. The second kappa shape index (κ2) is 8.31. The number of halogens is 1. The number of piperazine rings is 1. The highest BCUT2D eigenvalue weighted by atomic mass is 79.9. The highest BCUT2D eigenvalue weighted by Gasteiger charge is 2.22. The van der Waals surface area contributed by atoms with E-state index >= 15 is 0 Å². The minimum atomic E-state index is -0.0300. The standard InChI is InChI=1S/C21H24BrN7O/c22-17-11-14-12-25-21(27-19(14)29(20(17)30)15-3-1-2-4-15)26-18-6-5-16(13-24-18)28-9-7-23-8-10-28/h5-6,11-13,15,23H,1-4,7-10H2,(H,24,25,26,27). The third kappa shape index (κ3) is 3.79.